The first kappa shape index (κ1) is 13.0. The SMILES string of the molecule is CN1C(=O)CCC(NC(=O)C2CC(O)CN2)C1=O. The van der Waals surface area contributed by atoms with Gasteiger partial charge in [-0.3, -0.25) is 19.3 Å². The Kier molecular flexibility index (Phi) is 3.63. The van der Waals surface area contributed by atoms with Crippen LogP contribution in [0.1, 0.15) is 19.3 Å². The highest BCUT2D eigenvalue weighted by Crippen LogP contribution is 2.13. The van der Waals surface area contributed by atoms with E-state index >= 15 is 0 Å². The third-order valence-electron chi connectivity index (χ3n) is 3.39. The van der Waals surface area contributed by atoms with Gasteiger partial charge in [-0.15, -0.1) is 0 Å². The smallest absolute Gasteiger partial charge is 0.251 e. The average Bonchev–Trinajstić information content (AvgIpc) is 2.77. The largest absolute Gasteiger partial charge is 0.392 e. The summed E-state index contributed by atoms with van der Waals surface area (Å²) in [6, 6.07) is -1.10. The van der Waals surface area contributed by atoms with Crippen molar-refractivity contribution < 1.29 is 19.5 Å². The highest BCUT2D eigenvalue weighted by atomic mass is 16.3. The minimum absolute atomic E-state index is 0.222. The summed E-state index contributed by atoms with van der Waals surface area (Å²) in [5.41, 5.74) is 0. The normalized spacial score (nSPS) is 32.8. The number of amides is 3. The van der Waals surface area contributed by atoms with E-state index in [4.69, 9.17) is 0 Å². The van der Waals surface area contributed by atoms with Gasteiger partial charge in [0, 0.05) is 20.0 Å². The molecule has 0 aromatic heterocycles. The lowest BCUT2D eigenvalue weighted by Crippen LogP contribution is -2.55. The molecule has 2 aliphatic heterocycles. The molecule has 3 unspecified atom stereocenters. The number of imide groups is 1. The Balaban J connectivity index is 1.91. The quantitative estimate of drug-likeness (QED) is 0.494. The van der Waals surface area contributed by atoms with E-state index in [9.17, 15) is 19.5 Å². The highest BCUT2D eigenvalue weighted by molar-refractivity contribution is 6.01. The fourth-order valence-corrected chi connectivity index (χ4v) is 2.24. The zero-order valence-electron chi connectivity index (χ0n) is 10.2. The van der Waals surface area contributed by atoms with Crippen molar-refractivity contribution in [2.24, 2.45) is 0 Å². The summed E-state index contributed by atoms with van der Waals surface area (Å²) in [5.74, 6) is -0.897. The van der Waals surface area contributed by atoms with Crippen molar-refractivity contribution in [3.05, 3.63) is 0 Å². The zero-order valence-corrected chi connectivity index (χ0v) is 10.2. The number of carbonyl (C=O) groups is 3. The van der Waals surface area contributed by atoms with Crippen LogP contribution in [-0.4, -0.2) is 59.5 Å². The summed E-state index contributed by atoms with van der Waals surface area (Å²) < 4.78 is 0. The van der Waals surface area contributed by atoms with E-state index in [1.54, 1.807) is 0 Å². The molecular weight excluding hydrogens is 238 g/mol. The standard InChI is InChI=1S/C11H17N3O4/c1-14-9(16)3-2-7(11(14)18)13-10(17)8-4-6(15)5-12-8/h6-8,12,15H,2-5H2,1H3,(H,13,17). The molecular formula is C11H17N3O4. The van der Waals surface area contributed by atoms with Crippen LogP contribution in [0.4, 0.5) is 0 Å². The third kappa shape index (κ3) is 2.51. The fourth-order valence-electron chi connectivity index (χ4n) is 2.24. The molecule has 3 N–H and O–H groups in total. The van der Waals surface area contributed by atoms with Crippen molar-refractivity contribution in [3.8, 4) is 0 Å². The number of rotatable bonds is 2. The lowest BCUT2D eigenvalue weighted by atomic mass is 10.0. The van der Waals surface area contributed by atoms with Crippen LogP contribution in [-0.2, 0) is 14.4 Å². The van der Waals surface area contributed by atoms with Gasteiger partial charge < -0.3 is 15.7 Å². The number of aliphatic hydroxyl groups is 1. The van der Waals surface area contributed by atoms with Gasteiger partial charge in [-0.2, -0.15) is 0 Å². The summed E-state index contributed by atoms with van der Waals surface area (Å²) >= 11 is 0. The maximum atomic E-state index is 11.9. The number of piperidine rings is 1. The molecule has 0 aromatic rings. The first-order valence-corrected chi connectivity index (χ1v) is 6.01. The van der Waals surface area contributed by atoms with E-state index in [1.165, 1.54) is 7.05 Å². The molecule has 0 spiro atoms. The molecule has 7 nitrogen and oxygen atoms in total. The van der Waals surface area contributed by atoms with Crippen molar-refractivity contribution in [1.82, 2.24) is 15.5 Å². The first-order valence-electron chi connectivity index (χ1n) is 6.01. The van der Waals surface area contributed by atoms with Gasteiger partial charge in [-0.1, -0.05) is 0 Å². The summed E-state index contributed by atoms with van der Waals surface area (Å²) in [6.45, 7) is 0.384. The van der Waals surface area contributed by atoms with E-state index in [1.807, 2.05) is 0 Å². The van der Waals surface area contributed by atoms with Crippen LogP contribution in [0.25, 0.3) is 0 Å². The van der Waals surface area contributed by atoms with Crippen molar-refractivity contribution in [1.29, 1.82) is 0 Å². The van der Waals surface area contributed by atoms with Crippen LogP contribution >= 0.6 is 0 Å². The monoisotopic (exact) mass is 255 g/mol. The predicted octanol–water partition coefficient (Wildman–Crippen LogP) is -2.03. The van der Waals surface area contributed by atoms with Crippen molar-refractivity contribution in [2.75, 3.05) is 13.6 Å². The van der Waals surface area contributed by atoms with E-state index in [-0.39, 0.29) is 24.1 Å². The maximum absolute atomic E-state index is 11.9. The average molecular weight is 255 g/mol. The second-order valence-electron chi connectivity index (χ2n) is 4.74. The van der Waals surface area contributed by atoms with E-state index in [0.717, 1.165) is 4.90 Å². The Hall–Kier alpha value is -1.47. The Morgan fingerprint density at radius 1 is 1.50 bits per heavy atom. The Morgan fingerprint density at radius 3 is 2.83 bits per heavy atom. The van der Waals surface area contributed by atoms with Crippen molar-refractivity contribution in [3.63, 3.8) is 0 Å². The molecule has 0 bridgehead atoms. The second kappa shape index (κ2) is 5.03. The first-order chi connectivity index (χ1) is 8.49. The van der Waals surface area contributed by atoms with Gasteiger partial charge >= 0.3 is 0 Å². The van der Waals surface area contributed by atoms with Gasteiger partial charge in [0.1, 0.15) is 6.04 Å². The zero-order chi connectivity index (χ0) is 13.3. The second-order valence-corrected chi connectivity index (χ2v) is 4.74. The summed E-state index contributed by atoms with van der Waals surface area (Å²) in [4.78, 5) is 36.0. The molecule has 0 radical (unpaired) electrons. The molecule has 2 aliphatic rings. The maximum Gasteiger partial charge on any atom is 0.251 e. The van der Waals surface area contributed by atoms with Crippen molar-refractivity contribution >= 4 is 17.7 Å². The molecule has 0 aliphatic carbocycles. The number of aliphatic hydroxyl groups excluding tert-OH is 1. The van der Waals surface area contributed by atoms with Gasteiger partial charge in [0.2, 0.25) is 11.8 Å². The van der Waals surface area contributed by atoms with Crippen LogP contribution in [0.5, 0.6) is 0 Å². The predicted molar refractivity (Wildman–Crippen MR) is 61.4 cm³/mol. The van der Waals surface area contributed by atoms with Crippen LogP contribution in [0.15, 0.2) is 0 Å². The number of nitrogens with zero attached hydrogens (tertiary/aromatic N) is 1. The van der Waals surface area contributed by atoms with Gasteiger partial charge in [0.05, 0.1) is 12.1 Å². The lowest BCUT2D eigenvalue weighted by Gasteiger charge is -2.28. The number of hydrogen-bond donors (Lipinski definition) is 3. The van der Waals surface area contributed by atoms with Gasteiger partial charge in [-0.05, 0) is 12.8 Å². The number of β-amino-alcohol motifs (C(OH)–C–C–N with tert-alkyl or cyclic N) is 1. The van der Waals surface area contributed by atoms with E-state index in [2.05, 4.69) is 10.6 Å². The molecule has 2 saturated heterocycles. The summed E-state index contributed by atoms with van der Waals surface area (Å²) in [6.07, 6.45) is 0.422. The van der Waals surface area contributed by atoms with E-state index < -0.39 is 18.2 Å². The van der Waals surface area contributed by atoms with Crippen LogP contribution in [0, 0.1) is 0 Å². The molecule has 7 heteroatoms. The number of nitrogens with one attached hydrogen (secondary N) is 2. The van der Waals surface area contributed by atoms with Crippen molar-refractivity contribution in [2.45, 2.75) is 37.5 Å². The molecule has 3 atom stereocenters. The lowest BCUT2D eigenvalue weighted by molar-refractivity contribution is -0.149. The summed E-state index contributed by atoms with van der Waals surface area (Å²) in [5, 5.41) is 14.8. The van der Waals surface area contributed by atoms with Crippen LogP contribution < -0.4 is 10.6 Å². The molecule has 18 heavy (non-hydrogen) atoms. The molecule has 3 amide bonds. The molecule has 2 fully saturated rings. The Labute approximate surface area is 105 Å². The van der Waals surface area contributed by atoms with Gasteiger partial charge in [0.25, 0.3) is 5.91 Å². The minimum Gasteiger partial charge on any atom is -0.392 e. The highest BCUT2D eigenvalue weighted by Gasteiger charge is 2.35. The Bertz CT molecular complexity index is 384. The van der Waals surface area contributed by atoms with E-state index in [0.29, 0.717) is 19.4 Å². The molecule has 2 heterocycles. The van der Waals surface area contributed by atoms with Crippen LogP contribution in [0.2, 0.25) is 0 Å². The fraction of sp³-hybridized carbons (Fsp3) is 0.727. The molecule has 0 aromatic carbocycles. The molecule has 2 rings (SSSR count). The number of hydrogen-bond acceptors (Lipinski definition) is 5. The molecule has 0 saturated carbocycles. The number of likely N-dealkylation sites (tertiary alicyclic amines) is 1. The summed E-state index contributed by atoms with van der Waals surface area (Å²) in [7, 11) is 1.42. The number of carbonyl (C=O) groups excluding carboxylic acids is 3. The van der Waals surface area contributed by atoms with Crippen LogP contribution in [0.3, 0.4) is 0 Å². The van der Waals surface area contributed by atoms with Gasteiger partial charge in [-0.25, -0.2) is 0 Å². The third-order valence-corrected chi connectivity index (χ3v) is 3.39. The minimum atomic E-state index is -0.639. The number of likely N-dealkylation sites (N-methyl/N-ethyl adjacent to an activating group) is 1. The Morgan fingerprint density at radius 2 is 2.22 bits per heavy atom. The van der Waals surface area contributed by atoms with Gasteiger partial charge in [0.15, 0.2) is 0 Å². The topological polar surface area (TPSA) is 98.7 Å². The molecule has 100 valence electrons.